The van der Waals surface area contributed by atoms with E-state index in [9.17, 15) is 22.8 Å². The Kier molecular flexibility index (Phi) is 5.64. The highest BCUT2D eigenvalue weighted by Crippen LogP contribution is 2.62. The van der Waals surface area contributed by atoms with Crippen LogP contribution in [0.4, 0.5) is 18.9 Å². The van der Waals surface area contributed by atoms with Crippen LogP contribution in [0.15, 0.2) is 42.5 Å². The van der Waals surface area contributed by atoms with E-state index in [1.807, 2.05) is 24.3 Å². The summed E-state index contributed by atoms with van der Waals surface area (Å²) in [4.78, 5) is 27.8. The first-order valence-corrected chi connectivity index (χ1v) is 12.1. The summed E-state index contributed by atoms with van der Waals surface area (Å²) in [7, 11) is 0. The van der Waals surface area contributed by atoms with E-state index in [1.165, 1.54) is 12.1 Å². The topological polar surface area (TPSA) is 79.6 Å². The highest BCUT2D eigenvalue weighted by atomic mass is 127. The number of carbonyl (C=O) groups excluding carboxylic acids is 2. The van der Waals surface area contributed by atoms with Gasteiger partial charge in [0, 0.05) is 9.99 Å². The van der Waals surface area contributed by atoms with Crippen molar-refractivity contribution in [1.82, 2.24) is 0 Å². The highest BCUT2D eigenvalue weighted by Gasteiger charge is 2.73. The number of imide groups is 1. The van der Waals surface area contributed by atoms with Crippen molar-refractivity contribution in [2.75, 3.05) is 11.5 Å². The summed E-state index contributed by atoms with van der Waals surface area (Å²) in [6.07, 6.45) is -3.32. The lowest BCUT2D eigenvalue weighted by atomic mass is 9.67. The molecule has 182 valence electrons. The molecular formula is C25H20F3IN2O4. The second-order valence-corrected chi connectivity index (χ2v) is 10.6. The van der Waals surface area contributed by atoms with Crippen LogP contribution >= 0.6 is 22.6 Å². The van der Waals surface area contributed by atoms with E-state index in [2.05, 4.69) is 22.6 Å². The number of benzene rings is 2. The van der Waals surface area contributed by atoms with Gasteiger partial charge in [-0.1, -0.05) is 0 Å². The van der Waals surface area contributed by atoms with E-state index in [0.717, 1.165) is 14.5 Å². The van der Waals surface area contributed by atoms with Crippen molar-refractivity contribution in [3.63, 3.8) is 0 Å². The summed E-state index contributed by atoms with van der Waals surface area (Å²) in [5, 5.41) is 9.07. The van der Waals surface area contributed by atoms with Crippen molar-refractivity contribution in [2.45, 2.75) is 43.6 Å². The van der Waals surface area contributed by atoms with Crippen LogP contribution in [0.1, 0.15) is 37.3 Å². The molecule has 0 aromatic heterocycles. The molecule has 4 atom stereocenters. The number of ether oxygens (including phenoxy) is 2. The quantitative estimate of drug-likeness (QED) is 0.356. The summed E-state index contributed by atoms with van der Waals surface area (Å²) < 4.78 is 53.8. The van der Waals surface area contributed by atoms with Gasteiger partial charge in [0.1, 0.15) is 5.75 Å². The molecule has 0 saturated carbocycles. The fraction of sp³-hybridized carbons (Fsp3) is 0.400. The molecule has 3 heterocycles. The lowest BCUT2D eigenvalue weighted by Crippen LogP contribution is -2.43. The van der Waals surface area contributed by atoms with E-state index in [-0.39, 0.29) is 12.3 Å². The monoisotopic (exact) mass is 596 g/mol. The van der Waals surface area contributed by atoms with E-state index in [0.29, 0.717) is 31.1 Å². The van der Waals surface area contributed by atoms with Crippen LogP contribution in [0.5, 0.6) is 5.75 Å². The lowest BCUT2D eigenvalue weighted by Gasteiger charge is -2.31. The number of amides is 2. The third-order valence-corrected chi connectivity index (χ3v) is 8.03. The van der Waals surface area contributed by atoms with Crippen LogP contribution in [0, 0.1) is 26.7 Å². The zero-order chi connectivity index (χ0) is 25.2. The van der Waals surface area contributed by atoms with Gasteiger partial charge in [0.15, 0.2) is 0 Å². The molecule has 3 aliphatic rings. The Morgan fingerprint density at radius 1 is 1.14 bits per heavy atom. The Morgan fingerprint density at radius 3 is 2.49 bits per heavy atom. The van der Waals surface area contributed by atoms with E-state index >= 15 is 0 Å². The second-order valence-electron chi connectivity index (χ2n) is 9.34. The lowest BCUT2D eigenvalue weighted by molar-refractivity contribution is -0.138. The Morgan fingerprint density at radius 2 is 1.83 bits per heavy atom. The van der Waals surface area contributed by atoms with Crippen LogP contribution in [-0.4, -0.2) is 29.6 Å². The number of alkyl halides is 3. The normalized spacial score (nSPS) is 29.4. The molecule has 5 rings (SSSR count). The van der Waals surface area contributed by atoms with Crippen LogP contribution in [0.3, 0.4) is 0 Å². The number of hydrogen-bond acceptors (Lipinski definition) is 5. The molecule has 3 fully saturated rings. The van der Waals surface area contributed by atoms with Crippen molar-refractivity contribution in [2.24, 2.45) is 11.8 Å². The maximum absolute atomic E-state index is 13.6. The largest absolute Gasteiger partial charge is 0.493 e. The minimum atomic E-state index is -4.80. The number of nitriles is 1. The smallest absolute Gasteiger partial charge is 0.417 e. The molecule has 0 spiro atoms. The molecular weight excluding hydrogens is 576 g/mol. The van der Waals surface area contributed by atoms with Gasteiger partial charge in [-0.3, -0.25) is 9.59 Å². The maximum Gasteiger partial charge on any atom is 0.417 e. The van der Waals surface area contributed by atoms with Gasteiger partial charge in [-0.25, -0.2) is 4.90 Å². The van der Waals surface area contributed by atoms with E-state index in [4.69, 9.17) is 14.7 Å². The predicted molar refractivity (Wildman–Crippen MR) is 126 cm³/mol. The van der Waals surface area contributed by atoms with Crippen molar-refractivity contribution >= 4 is 40.1 Å². The van der Waals surface area contributed by atoms with Gasteiger partial charge in [0.2, 0.25) is 11.8 Å². The van der Waals surface area contributed by atoms with Crippen molar-refractivity contribution < 1.29 is 32.2 Å². The summed E-state index contributed by atoms with van der Waals surface area (Å²) in [5.41, 5.74) is -3.74. The molecule has 0 N–H and O–H groups in total. The van der Waals surface area contributed by atoms with Gasteiger partial charge in [-0.05, 0) is 84.8 Å². The minimum absolute atomic E-state index is 0.186. The number of carbonyl (C=O) groups is 2. The van der Waals surface area contributed by atoms with Crippen molar-refractivity contribution in [1.29, 1.82) is 5.26 Å². The van der Waals surface area contributed by atoms with E-state index in [1.54, 1.807) is 6.92 Å². The average Bonchev–Trinajstić information content (AvgIpc) is 3.38. The second kappa shape index (κ2) is 8.20. The van der Waals surface area contributed by atoms with Gasteiger partial charge >= 0.3 is 6.18 Å². The molecule has 6 nitrogen and oxygen atoms in total. The third-order valence-electron chi connectivity index (χ3n) is 7.31. The summed E-state index contributed by atoms with van der Waals surface area (Å²) in [5.74, 6) is -2.06. The molecule has 2 bridgehead atoms. The SMILES string of the molecule is C[C@@]12CC[C@](CCOc3ccc(I)cc3)(O1)C1C(=O)N(c3ccc(C#N)c(C(F)(F)F)c3)C(=O)[C@H]12. The summed E-state index contributed by atoms with van der Waals surface area (Å²) >= 11 is 2.19. The Balaban J connectivity index is 1.43. The fourth-order valence-electron chi connectivity index (χ4n) is 5.74. The number of halogens is 4. The number of hydrogen-bond donors (Lipinski definition) is 0. The predicted octanol–water partition coefficient (Wildman–Crippen LogP) is 5.08. The van der Waals surface area contributed by atoms with Crippen LogP contribution in [0.25, 0.3) is 0 Å². The third kappa shape index (κ3) is 3.80. The van der Waals surface area contributed by atoms with Gasteiger partial charge in [-0.2, -0.15) is 18.4 Å². The molecule has 2 amide bonds. The molecule has 10 heteroatoms. The van der Waals surface area contributed by atoms with Crippen LogP contribution < -0.4 is 9.64 Å². The zero-order valence-electron chi connectivity index (χ0n) is 18.6. The molecule has 1 unspecified atom stereocenters. The molecule has 2 aromatic carbocycles. The first-order valence-electron chi connectivity index (χ1n) is 11.1. The maximum atomic E-state index is 13.6. The Hall–Kier alpha value is -2.65. The molecule has 3 saturated heterocycles. The molecule has 0 aliphatic carbocycles. The fourth-order valence-corrected chi connectivity index (χ4v) is 6.10. The Labute approximate surface area is 213 Å². The molecule has 0 radical (unpaired) electrons. The van der Waals surface area contributed by atoms with Gasteiger partial charge in [-0.15, -0.1) is 0 Å². The highest BCUT2D eigenvalue weighted by molar-refractivity contribution is 14.1. The van der Waals surface area contributed by atoms with Crippen molar-refractivity contribution in [3.8, 4) is 11.8 Å². The standard InChI is InChI=1S/C25H20F3IN2O4/c1-23-8-9-24(35-23,10-11-34-17-6-3-15(29)4-7-17)20-19(23)21(32)31(22(20)33)16-5-2-14(13-30)18(12-16)25(26,27)28/h2-7,12,19-20H,8-11H2,1H3/t19-,20?,23-,24+/m0/s1. The average molecular weight is 596 g/mol. The number of anilines is 1. The van der Waals surface area contributed by atoms with Crippen LogP contribution in [0.2, 0.25) is 0 Å². The molecule has 3 aliphatic heterocycles. The van der Waals surface area contributed by atoms with Crippen LogP contribution in [-0.2, 0) is 20.5 Å². The minimum Gasteiger partial charge on any atom is -0.493 e. The number of nitrogens with zero attached hydrogens (tertiary/aromatic N) is 2. The van der Waals surface area contributed by atoms with Gasteiger partial charge in [0.25, 0.3) is 0 Å². The zero-order valence-corrected chi connectivity index (χ0v) is 20.7. The van der Waals surface area contributed by atoms with Gasteiger partial charge < -0.3 is 9.47 Å². The number of rotatable bonds is 5. The van der Waals surface area contributed by atoms with Gasteiger partial charge in [0.05, 0.1) is 52.5 Å². The Bertz CT molecular complexity index is 1260. The molecule has 2 aromatic rings. The van der Waals surface area contributed by atoms with E-state index < -0.39 is 52.2 Å². The summed E-state index contributed by atoms with van der Waals surface area (Å²) in [6.45, 7) is 2.05. The molecule has 35 heavy (non-hydrogen) atoms. The first kappa shape index (κ1) is 24.1. The first-order chi connectivity index (χ1) is 16.5. The van der Waals surface area contributed by atoms with Crippen molar-refractivity contribution in [3.05, 3.63) is 57.2 Å². The summed E-state index contributed by atoms with van der Waals surface area (Å²) in [6, 6.07) is 11.9. The number of fused-ring (bicyclic) bond motifs is 5.